The standard InChI is InChI=1S/C13H25N3O3/c1-9(12(17)18)10(2)14-13(19)16(4)8-11-6-5-7-15(11)3/h9-11H,5-8H2,1-4H3,(H,14,19)(H,17,18). The molecule has 1 saturated heterocycles. The van der Waals surface area contributed by atoms with Crippen LogP contribution in [0.2, 0.25) is 0 Å². The molecule has 0 aliphatic carbocycles. The number of likely N-dealkylation sites (N-methyl/N-ethyl adjacent to an activating group) is 2. The molecule has 0 saturated carbocycles. The lowest BCUT2D eigenvalue weighted by atomic mass is 10.0. The molecule has 1 aliphatic rings. The molecule has 1 heterocycles. The summed E-state index contributed by atoms with van der Waals surface area (Å²) < 4.78 is 0. The highest BCUT2D eigenvalue weighted by molar-refractivity contribution is 5.76. The fourth-order valence-corrected chi connectivity index (χ4v) is 2.25. The molecule has 1 aliphatic heterocycles. The van der Waals surface area contributed by atoms with Gasteiger partial charge in [0.1, 0.15) is 0 Å². The lowest BCUT2D eigenvalue weighted by Gasteiger charge is -2.28. The molecule has 6 heteroatoms. The van der Waals surface area contributed by atoms with Gasteiger partial charge < -0.3 is 20.2 Å². The van der Waals surface area contributed by atoms with Crippen LogP contribution in [0.25, 0.3) is 0 Å². The van der Waals surface area contributed by atoms with Crippen molar-refractivity contribution in [2.24, 2.45) is 5.92 Å². The molecule has 1 fully saturated rings. The van der Waals surface area contributed by atoms with Gasteiger partial charge in [-0.05, 0) is 40.3 Å². The quantitative estimate of drug-likeness (QED) is 0.777. The number of carbonyl (C=O) groups excluding carboxylic acids is 1. The lowest BCUT2D eigenvalue weighted by molar-refractivity contribution is -0.141. The molecule has 3 unspecified atom stereocenters. The van der Waals surface area contributed by atoms with Gasteiger partial charge in [-0.1, -0.05) is 0 Å². The summed E-state index contributed by atoms with van der Waals surface area (Å²) in [5, 5.41) is 11.6. The van der Waals surface area contributed by atoms with Crippen molar-refractivity contribution in [1.82, 2.24) is 15.1 Å². The number of amides is 2. The molecule has 2 amide bonds. The average Bonchev–Trinajstić information content (AvgIpc) is 2.73. The monoisotopic (exact) mass is 271 g/mol. The Kier molecular flexibility index (Phi) is 5.60. The zero-order chi connectivity index (χ0) is 14.6. The Bertz CT molecular complexity index is 335. The van der Waals surface area contributed by atoms with E-state index in [4.69, 9.17) is 5.11 Å². The summed E-state index contributed by atoms with van der Waals surface area (Å²) >= 11 is 0. The van der Waals surface area contributed by atoms with Crippen LogP contribution in [0.15, 0.2) is 0 Å². The van der Waals surface area contributed by atoms with E-state index in [2.05, 4.69) is 17.3 Å². The summed E-state index contributed by atoms with van der Waals surface area (Å²) in [5.41, 5.74) is 0. The van der Waals surface area contributed by atoms with Gasteiger partial charge in [-0.2, -0.15) is 0 Å². The third kappa shape index (κ3) is 4.38. The maximum Gasteiger partial charge on any atom is 0.317 e. The fraction of sp³-hybridized carbons (Fsp3) is 0.846. The van der Waals surface area contributed by atoms with Crippen molar-refractivity contribution in [1.29, 1.82) is 0 Å². The van der Waals surface area contributed by atoms with Crippen molar-refractivity contribution >= 4 is 12.0 Å². The topological polar surface area (TPSA) is 72.9 Å². The fourth-order valence-electron chi connectivity index (χ4n) is 2.25. The number of likely N-dealkylation sites (tertiary alicyclic amines) is 1. The average molecular weight is 271 g/mol. The third-order valence-corrected chi connectivity index (χ3v) is 3.99. The second-order valence-corrected chi connectivity index (χ2v) is 5.52. The van der Waals surface area contributed by atoms with Crippen LogP contribution < -0.4 is 5.32 Å². The zero-order valence-electron chi connectivity index (χ0n) is 12.2. The Balaban J connectivity index is 2.42. The number of carboxylic acid groups (broad SMARTS) is 1. The lowest BCUT2D eigenvalue weighted by Crippen LogP contribution is -2.48. The van der Waals surface area contributed by atoms with Gasteiger partial charge in [-0.15, -0.1) is 0 Å². The van der Waals surface area contributed by atoms with Crippen molar-refractivity contribution in [2.45, 2.75) is 38.8 Å². The number of nitrogens with zero attached hydrogens (tertiary/aromatic N) is 2. The summed E-state index contributed by atoms with van der Waals surface area (Å²) in [6.45, 7) is 5.06. The van der Waals surface area contributed by atoms with E-state index in [1.807, 2.05) is 0 Å². The number of hydrogen-bond acceptors (Lipinski definition) is 3. The molecule has 6 nitrogen and oxygen atoms in total. The molecule has 0 aromatic carbocycles. The van der Waals surface area contributed by atoms with Crippen LogP contribution in [0.3, 0.4) is 0 Å². The van der Waals surface area contributed by atoms with Crippen molar-refractivity contribution in [3.05, 3.63) is 0 Å². The maximum atomic E-state index is 12.0. The molecule has 3 atom stereocenters. The number of carbonyl (C=O) groups is 2. The SMILES string of the molecule is CC(NC(=O)N(C)CC1CCCN1C)C(C)C(=O)O. The summed E-state index contributed by atoms with van der Waals surface area (Å²) in [5.74, 6) is -1.49. The molecule has 0 aromatic rings. The summed E-state index contributed by atoms with van der Waals surface area (Å²) in [6.07, 6.45) is 2.28. The minimum Gasteiger partial charge on any atom is -0.481 e. The van der Waals surface area contributed by atoms with Crippen molar-refractivity contribution < 1.29 is 14.7 Å². The second kappa shape index (κ2) is 6.75. The molecule has 0 spiro atoms. The highest BCUT2D eigenvalue weighted by Crippen LogP contribution is 2.15. The van der Waals surface area contributed by atoms with Gasteiger partial charge in [-0.3, -0.25) is 4.79 Å². The molecule has 0 aromatic heterocycles. The van der Waals surface area contributed by atoms with Crippen LogP contribution in [-0.2, 0) is 4.79 Å². The first-order chi connectivity index (χ1) is 8.82. The van der Waals surface area contributed by atoms with Crippen LogP contribution in [0.4, 0.5) is 4.79 Å². The number of carboxylic acids is 1. The van der Waals surface area contributed by atoms with Gasteiger partial charge in [0.25, 0.3) is 0 Å². The number of hydrogen-bond donors (Lipinski definition) is 2. The number of nitrogens with one attached hydrogen (secondary N) is 1. The Morgan fingerprint density at radius 2 is 2.11 bits per heavy atom. The highest BCUT2D eigenvalue weighted by Gasteiger charge is 2.26. The van der Waals surface area contributed by atoms with Crippen LogP contribution >= 0.6 is 0 Å². The van der Waals surface area contributed by atoms with E-state index >= 15 is 0 Å². The van der Waals surface area contributed by atoms with E-state index in [0.717, 1.165) is 13.0 Å². The van der Waals surface area contributed by atoms with Crippen LogP contribution in [0.1, 0.15) is 26.7 Å². The van der Waals surface area contributed by atoms with Gasteiger partial charge in [0.2, 0.25) is 0 Å². The Morgan fingerprint density at radius 1 is 1.47 bits per heavy atom. The Morgan fingerprint density at radius 3 is 2.58 bits per heavy atom. The highest BCUT2D eigenvalue weighted by atomic mass is 16.4. The zero-order valence-corrected chi connectivity index (χ0v) is 12.2. The number of urea groups is 1. The second-order valence-electron chi connectivity index (χ2n) is 5.52. The molecule has 1 rings (SSSR count). The predicted octanol–water partition coefficient (Wildman–Crippen LogP) is 0.831. The van der Waals surface area contributed by atoms with Gasteiger partial charge in [0.15, 0.2) is 0 Å². The van der Waals surface area contributed by atoms with E-state index in [1.54, 1.807) is 25.8 Å². The summed E-state index contributed by atoms with van der Waals surface area (Å²) in [4.78, 5) is 26.7. The van der Waals surface area contributed by atoms with Gasteiger partial charge in [0.05, 0.1) is 5.92 Å². The molecule has 2 N–H and O–H groups in total. The first-order valence-electron chi connectivity index (χ1n) is 6.77. The van der Waals surface area contributed by atoms with E-state index < -0.39 is 11.9 Å². The minimum atomic E-state index is -0.897. The number of aliphatic carboxylic acids is 1. The smallest absolute Gasteiger partial charge is 0.317 e. The minimum absolute atomic E-state index is 0.208. The van der Waals surface area contributed by atoms with Gasteiger partial charge in [-0.25, -0.2) is 4.79 Å². The van der Waals surface area contributed by atoms with Crippen molar-refractivity contribution in [3.63, 3.8) is 0 Å². The molecule has 0 bridgehead atoms. The largest absolute Gasteiger partial charge is 0.481 e. The molecule has 19 heavy (non-hydrogen) atoms. The van der Waals surface area contributed by atoms with Crippen molar-refractivity contribution in [3.8, 4) is 0 Å². The van der Waals surface area contributed by atoms with E-state index in [-0.39, 0.29) is 12.1 Å². The van der Waals surface area contributed by atoms with E-state index in [9.17, 15) is 9.59 Å². The van der Waals surface area contributed by atoms with Gasteiger partial charge >= 0.3 is 12.0 Å². The molecule has 110 valence electrons. The van der Waals surface area contributed by atoms with Gasteiger partial charge in [0, 0.05) is 25.7 Å². The van der Waals surface area contributed by atoms with Crippen molar-refractivity contribution in [2.75, 3.05) is 27.2 Å². The third-order valence-electron chi connectivity index (χ3n) is 3.99. The van der Waals surface area contributed by atoms with E-state index in [0.29, 0.717) is 12.6 Å². The first kappa shape index (κ1) is 15.8. The summed E-state index contributed by atoms with van der Waals surface area (Å²) in [7, 11) is 3.82. The van der Waals surface area contributed by atoms with Crippen LogP contribution in [0.5, 0.6) is 0 Å². The molecular formula is C13H25N3O3. The van der Waals surface area contributed by atoms with E-state index in [1.165, 1.54) is 6.42 Å². The normalized spacial score (nSPS) is 22.8. The first-order valence-corrected chi connectivity index (χ1v) is 6.77. The summed E-state index contributed by atoms with van der Waals surface area (Å²) in [6, 6.07) is -0.183. The molecular weight excluding hydrogens is 246 g/mol. The van der Waals surface area contributed by atoms with Crippen LogP contribution in [-0.4, -0.2) is 66.2 Å². The van der Waals surface area contributed by atoms with Crippen LogP contribution in [0, 0.1) is 5.92 Å². The number of rotatable bonds is 5. The maximum absolute atomic E-state index is 12.0. The Hall–Kier alpha value is -1.30. The predicted molar refractivity (Wildman–Crippen MR) is 73.1 cm³/mol. The molecule has 0 radical (unpaired) electrons. The Labute approximate surface area is 114 Å².